The van der Waals surface area contributed by atoms with Gasteiger partial charge in [0, 0.05) is 48.7 Å². The van der Waals surface area contributed by atoms with Crippen LogP contribution in [0.5, 0.6) is 11.5 Å². The van der Waals surface area contributed by atoms with Gasteiger partial charge in [-0.15, -0.1) is 0 Å². The lowest BCUT2D eigenvalue weighted by Gasteiger charge is -2.35. The van der Waals surface area contributed by atoms with Crippen LogP contribution in [0.1, 0.15) is 66.7 Å². The minimum Gasteiger partial charge on any atom is -0.495 e. The van der Waals surface area contributed by atoms with Crippen molar-refractivity contribution in [1.29, 1.82) is 0 Å². The van der Waals surface area contributed by atoms with Crippen LogP contribution in [0.15, 0.2) is 146 Å². The molecule has 6 aromatic rings. The molecule has 372 valence electrons. The Labute approximate surface area is 422 Å². The molecule has 3 saturated heterocycles. The first-order valence-electron chi connectivity index (χ1n) is 25.0. The smallest absolute Gasteiger partial charge is 0.255 e. The highest BCUT2D eigenvalue weighted by atomic mass is 16.5. The number of hydrogen-bond donors (Lipinski definition) is 4. The fourth-order valence-corrected chi connectivity index (χ4v) is 10.4. The fourth-order valence-electron chi connectivity index (χ4n) is 10.4. The number of morpholine rings is 1. The van der Waals surface area contributed by atoms with Gasteiger partial charge < -0.3 is 35.5 Å². The van der Waals surface area contributed by atoms with Crippen LogP contribution < -0.4 is 30.7 Å². The van der Waals surface area contributed by atoms with E-state index in [0.29, 0.717) is 57.2 Å². The summed E-state index contributed by atoms with van der Waals surface area (Å²) in [7, 11) is 3.13. The number of piperidine rings is 1. The first kappa shape index (κ1) is 49.7. The topological polar surface area (TPSA) is 151 Å². The molecule has 13 heteroatoms. The van der Waals surface area contributed by atoms with E-state index in [4.69, 9.17) is 14.2 Å². The molecule has 0 radical (unpaired) electrons. The molecular weight excluding hydrogens is 905 g/mol. The van der Waals surface area contributed by atoms with Crippen LogP contribution in [0.3, 0.4) is 0 Å². The highest BCUT2D eigenvalue weighted by Gasteiger charge is 2.38. The molecule has 13 nitrogen and oxygen atoms in total. The van der Waals surface area contributed by atoms with Gasteiger partial charge >= 0.3 is 0 Å². The molecule has 4 bridgehead atoms. The summed E-state index contributed by atoms with van der Waals surface area (Å²) in [4.78, 5) is 56.5. The van der Waals surface area contributed by atoms with Crippen molar-refractivity contribution in [2.45, 2.75) is 70.2 Å². The Morgan fingerprint density at radius 2 is 0.875 bits per heavy atom. The number of methoxy groups -OCH3 is 2. The third-order valence-electron chi connectivity index (χ3n) is 14.5. The Balaban J connectivity index is 0.000000178. The lowest BCUT2D eigenvalue weighted by molar-refractivity contribution is -0.124. The second-order valence-electron chi connectivity index (χ2n) is 19.4. The summed E-state index contributed by atoms with van der Waals surface area (Å²) in [6, 6.07) is 45.0. The average Bonchev–Trinajstić information content (AvgIpc) is 3.95. The van der Waals surface area contributed by atoms with Gasteiger partial charge in [0.25, 0.3) is 11.8 Å². The van der Waals surface area contributed by atoms with Crippen molar-refractivity contribution in [3.8, 4) is 33.8 Å². The quantitative estimate of drug-likeness (QED) is 0.0836. The molecular formula is C59H64N6O7. The minimum absolute atomic E-state index is 0.0606. The molecule has 4 unspecified atom stereocenters. The third-order valence-corrected chi connectivity index (χ3v) is 14.5. The van der Waals surface area contributed by atoms with Crippen LogP contribution in [0.4, 0.5) is 22.7 Å². The molecule has 4 N–H and O–H groups in total. The number of fused-ring (bicyclic) bond motifs is 4. The van der Waals surface area contributed by atoms with Gasteiger partial charge in [-0.3, -0.25) is 29.0 Å². The standard InChI is InChI=1S/C30H33N3O3.C29H31N3O4/c1-20(33-18-21-8-9-22(16-21)19-33)29(34)32-27-17-26(14-15-28(27)36-2)31-30(35)25-12-10-24(11-13-25)23-6-4-3-5-7-23;1-19(32-17-24-13-14-25(18-32)36-24)28(33)31-26-16-23(12-15-27(26)35-2)30-29(34)22-10-8-21(9-11-22)20-6-4-3-5-7-20/h3-7,10-15,17,20-22H,8-9,16,18-19H2,1-2H3,(H,31,35)(H,32,34);3-12,15-16,19,24-25H,13-14,17-18H2,1-2H3,(H,30,34)(H,31,33)/t20-,21?,22?;19-,24?,25?/m01/s1. The molecule has 6 aromatic carbocycles. The molecule has 1 saturated carbocycles. The molecule has 0 spiro atoms. The van der Waals surface area contributed by atoms with Crippen molar-refractivity contribution in [2.75, 3.05) is 61.7 Å². The van der Waals surface area contributed by atoms with Crippen LogP contribution in [-0.2, 0) is 14.3 Å². The second kappa shape index (κ2) is 22.8. The van der Waals surface area contributed by atoms with Gasteiger partial charge in [-0.1, -0.05) is 84.9 Å². The predicted octanol–water partition coefficient (Wildman–Crippen LogP) is 10.5. The monoisotopic (exact) mass is 968 g/mol. The number of ether oxygens (including phenoxy) is 3. The molecule has 6 atom stereocenters. The number of nitrogens with zero attached hydrogens (tertiary/aromatic N) is 2. The van der Waals surface area contributed by atoms with E-state index in [9.17, 15) is 19.2 Å². The predicted molar refractivity (Wildman–Crippen MR) is 284 cm³/mol. The van der Waals surface area contributed by atoms with Crippen molar-refractivity contribution in [3.05, 3.63) is 157 Å². The normalized spacial score (nSPS) is 19.9. The van der Waals surface area contributed by atoms with E-state index in [2.05, 4.69) is 31.1 Å². The summed E-state index contributed by atoms with van der Waals surface area (Å²) in [5.41, 5.74) is 7.63. The van der Waals surface area contributed by atoms with Gasteiger partial charge in [-0.2, -0.15) is 0 Å². The van der Waals surface area contributed by atoms with E-state index in [1.54, 1.807) is 62.8 Å². The van der Waals surface area contributed by atoms with E-state index in [0.717, 1.165) is 61.3 Å². The van der Waals surface area contributed by atoms with Gasteiger partial charge in [-0.05, 0) is 141 Å². The van der Waals surface area contributed by atoms with Crippen LogP contribution >= 0.6 is 0 Å². The summed E-state index contributed by atoms with van der Waals surface area (Å²) in [6.45, 7) is 7.39. The van der Waals surface area contributed by atoms with Crippen LogP contribution in [0.25, 0.3) is 22.3 Å². The number of benzene rings is 6. The fraction of sp³-hybridized carbons (Fsp3) is 0.322. The lowest BCUT2D eigenvalue weighted by Crippen LogP contribution is -2.51. The molecule has 1 aliphatic carbocycles. The van der Waals surface area contributed by atoms with Crippen LogP contribution in [-0.4, -0.2) is 98.1 Å². The van der Waals surface area contributed by atoms with Crippen molar-refractivity contribution in [1.82, 2.24) is 9.80 Å². The van der Waals surface area contributed by atoms with Gasteiger partial charge in [0.1, 0.15) is 11.5 Å². The highest BCUT2D eigenvalue weighted by Crippen LogP contribution is 2.38. The SMILES string of the molecule is COc1ccc(NC(=O)c2ccc(-c3ccccc3)cc2)cc1NC(=O)[C@@H](C)N1CC2CCC(C1)O2.COc1ccc(NC(=O)c2ccc(-c3ccccc3)cc2)cc1NC(=O)[C@H](C)N1CC2CCC(C2)C1. The number of hydrogen-bond acceptors (Lipinski definition) is 9. The Hall–Kier alpha value is -7.32. The van der Waals surface area contributed by atoms with Gasteiger partial charge in [0.15, 0.2) is 0 Å². The first-order valence-corrected chi connectivity index (χ1v) is 25.0. The summed E-state index contributed by atoms with van der Waals surface area (Å²) >= 11 is 0. The molecule has 4 amide bonds. The van der Waals surface area contributed by atoms with Crippen molar-refractivity contribution in [3.63, 3.8) is 0 Å². The first-order chi connectivity index (χ1) is 35.0. The van der Waals surface area contributed by atoms with Gasteiger partial charge in [-0.25, -0.2) is 0 Å². The largest absolute Gasteiger partial charge is 0.495 e. The molecule has 4 aliphatic rings. The number of amides is 4. The molecule has 10 rings (SSSR count). The maximum Gasteiger partial charge on any atom is 0.255 e. The second-order valence-corrected chi connectivity index (χ2v) is 19.4. The Bertz CT molecular complexity index is 2630. The summed E-state index contributed by atoms with van der Waals surface area (Å²) < 4.78 is 16.8. The number of nitrogens with one attached hydrogen (secondary N) is 4. The zero-order chi connectivity index (χ0) is 50.1. The van der Waals surface area contributed by atoms with Crippen molar-refractivity contribution >= 4 is 46.4 Å². The van der Waals surface area contributed by atoms with Crippen LogP contribution in [0, 0.1) is 11.8 Å². The number of rotatable bonds is 14. The Morgan fingerprint density at radius 1 is 0.486 bits per heavy atom. The molecule has 3 aliphatic heterocycles. The highest BCUT2D eigenvalue weighted by molar-refractivity contribution is 6.06. The molecule has 3 heterocycles. The zero-order valence-corrected chi connectivity index (χ0v) is 41.4. The van der Waals surface area contributed by atoms with Gasteiger partial charge in [0.2, 0.25) is 11.8 Å². The van der Waals surface area contributed by atoms with E-state index in [-0.39, 0.29) is 47.9 Å². The van der Waals surface area contributed by atoms with E-state index < -0.39 is 0 Å². The molecule has 0 aromatic heterocycles. The Morgan fingerprint density at radius 3 is 1.28 bits per heavy atom. The molecule has 4 fully saturated rings. The summed E-state index contributed by atoms with van der Waals surface area (Å²) in [6.07, 6.45) is 6.40. The number of carbonyl (C=O) groups excluding carboxylic acids is 4. The van der Waals surface area contributed by atoms with Crippen molar-refractivity contribution in [2.24, 2.45) is 11.8 Å². The third kappa shape index (κ3) is 12.0. The maximum atomic E-state index is 13.1. The van der Waals surface area contributed by atoms with Crippen molar-refractivity contribution < 1.29 is 33.4 Å². The minimum atomic E-state index is -0.303. The van der Waals surface area contributed by atoms with E-state index >= 15 is 0 Å². The Kier molecular flexibility index (Phi) is 15.7. The van der Waals surface area contributed by atoms with Crippen LogP contribution in [0.2, 0.25) is 0 Å². The van der Waals surface area contributed by atoms with E-state index in [1.165, 1.54) is 19.3 Å². The maximum absolute atomic E-state index is 13.1. The van der Waals surface area contributed by atoms with Gasteiger partial charge in [0.05, 0.1) is 49.9 Å². The summed E-state index contributed by atoms with van der Waals surface area (Å²) in [5.74, 6) is 1.90. The zero-order valence-electron chi connectivity index (χ0n) is 41.4. The number of carbonyl (C=O) groups is 4. The summed E-state index contributed by atoms with van der Waals surface area (Å²) in [5, 5.41) is 11.9. The molecule has 72 heavy (non-hydrogen) atoms. The average molecular weight is 969 g/mol. The number of anilines is 4. The number of likely N-dealkylation sites (tertiary alicyclic amines) is 2. The van der Waals surface area contributed by atoms with E-state index in [1.807, 2.05) is 111 Å². The lowest BCUT2D eigenvalue weighted by atomic mass is 9.97.